The number of carboxylic acid groups (broad SMARTS) is 1. The molecule has 0 aromatic heterocycles. The number of aliphatic carboxylic acids is 1. The monoisotopic (exact) mass is 338 g/mol. The third kappa shape index (κ3) is 6.35. The summed E-state index contributed by atoms with van der Waals surface area (Å²) in [5.41, 5.74) is 0. The van der Waals surface area contributed by atoms with Gasteiger partial charge >= 0.3 is 5.97 Å². The molecule has 0 aliphatic carbocycles. The van der Waals surface area contributed by atoms with Gasteiger partial charge in [-0.05, 0) is 19.2 Å². The number of nitrogens with zero attached hydrogens (tertiary/aromatic N) is 2. The zero-order valence-electron chi connectivity index (χ0n) is 14.3. The van der Waals surface area contributed by atoms with Crippen LogP contribution in [0.2, 0.25) is 0 Å². The minimum Gasteiger partial charge on any atom is -0.497 e. The summed E-state index contributed by atoms with van der Waals surface area (Å²) < 4.78 is 16.7. The lowest BCUT2D eigenvalue weighted by Crippen LogP contribution is -2.48. The van der Waals surface area contributed by atoms with E-state index < -0.39 is 5.97 Å². The van der Waals surface area contributed by atoms with E-state index in [0.29, 0.717) is 19.8 Å². The van der Waals surface area contributed by atoms with Gasteiger partial charge < -0.3 is 19.3 Å². The van der Waals surface area contributed by atoms with Crippen LogP contribution in [-0.2, 0) is 9.53 Å². The summed E-state index contributed by atoms with van der Waals surface area (Å²) in [4.78, 5) is 14.8. The highest BCUT2D eigenvalue weighted by molar-refractivity contribution is 5.69. The fraction of sp³-hybridized carbons (Fsp3) is 0.588. The van der Waals surface area contributed by atoms with Crippen molar-refractivity contribution in [1.29, 1.82) is 0 Å². The van der Waals surface area contributed by atoms with Crippen molar-refractivity contribution in [2.24, 2.45) is 0 Å². The molecule has 7 nitrogen and oxygen atoms in total. The van der Waals surface area contributed by atoms with Crippen LogP contribution in [0.5, 0.6) is 11.5 Å². The van der Waals surface area contributed by atoms with Crippen LogP contribution >= 0.6 is 0 Å². The maximum absolute atomic E-state index is 10.7. The number of likely N-dealkylation sites (N-methyl/N-ethyl adjacent to an activating group) is 1. The lowest BCUT2D eigenvalue weighted by molar-refractivity contribution is -0.138. The van der Waals surface area contributed by atoms with E-state index in [-0.39, 0.29) is 12.6 Å². The number of hydrogen-bond donors (Lipinski definition) is 1. The Balaban J connectivity index is 1.71. The molecule has 0 spiro atoms. The number of morpholine rings is 1. The zero-order chi connectivity index (χ0) is 17.4. The summed E-state index contributed by atoms with van der Waals surface area (Å²) in [7, 11) is 3.43. The standard InChI is InChI=1S/C17H26N2O5/c1-18(13-17(20)21)11-16-12-19(7-9-24-16)6-8-23-15-5-3-4-14(10-15)22-2/h3-5,10,16H,6-9,11-13H2,1-2H3,(H,20,21). The summed E-state index contributed by atoms with van der Waals surface area (Å²) in [6, 6.07) is 7.55. The zero-order valence-corrected chi connectivity index (χ0v) is 14.3. The van der Waals surface area contributed by atoms with Crippen molar-refractivity contribution in [2.75, 3.05) is 60.1 Å². The molecule has 0 amide bonds. The van der Waals surface area contributed by atoms with Gasteiger partial charge in [-0.25, -0.2) is 0 Å². The molecule has 1 aromatic carbocycles. The first kappa shape index (κ1) is 18.5. The van der Waals surface area contributed by atoms with E-state index in [4.69, 9.17) is 19.3 Å². The lowest BCUT2D eigenvalue weighted by Gasteiger charge is -2.34. The summed E-state index contributed by atoms with van der Waals surface area (Å²) >= 11 is 0. The number of ether oxygens (including phenoxy) is 3. The van der Waals surface area contributed by atoms with E-state index in [0.717, 1.165) is 31.1 Å². The Morgan fingerprint density at radius 1 is 1.46 bits per heavy atom. The highest BCUT2D eigenvalue weighted by Crippen LogP contribution is 2.18. The first-order chi connectivity index (χ1) is 11.6. The first-order valence-corrected chi connectivity index (χ1v) is 8.08. The van der Waals surface area contributed by atoms with Gasteiger partial charge in [-0.15, -0.1) is 0 Å². The highest BCUT2D eigenvalue weighted by Gasteiger charge is 2.22. The van der Waals surface area contributed by atoms with Crippen molar-refractivity contribution in [3.8, 4) is 11.5 Å². The molecule has 1 aliphatic rings. The van der Waals surface area contributed by atoms with Crippen molar-refractivity contribution in [2.45, 2.75) is 6.10 Å². The SMILES string of the molecule is COc1cccc(OCCN2CCOC(CN(C)CC(=O)O)C2)c1. The van der Waals surface area contributed by atoms with E-state index in [1.54, 1.807) is 19.1 Å². The van der Waals surface area contributed by atoms with Crippen LogP contribution in [0, 0.1) is 0 Å². The molecule has 7 heteroatoms. The molecule has 134 valence electrons. The molecule has 1 aromatic rings. The Kier molecular flexibility index (Phi) is 7.30. The normalized spacial score (nSPS) is 18.5. The smallest absolute Gasteiger partial charge is 0.317 e. The first-order valence-electron chi connectivity index (χ1n) is 8.08. The maximum Gasteiger partial charge on any atom is 0.317 e. The second-order valence-corrected chi connectivity index (χ2v) is 5.91. The van der Waals surface area contributed by atoms with Crippen molar-refractivity contribution in [1.82, 2.24) is 9.80 Å². The average molecular weight is 338 g/mol. The average Bonchev–Trinajstić information content (AvgIpc) is 2.54. The van der Waals surface area contributed by atoms with Gasteiger partial charge in [0.25, 0.3) is 0 Å². The van der Waals surface area contributed by atoms with Gasteiger partial charge in [-0.2, -0.15) is 0 Å². The molecular formula is C17H26N2O5. The van der Waals surface area contributed by atoms with E-state index in [9.17, 15) is 4.79 Å². The van der Waals surface area contributed by atoms with E-state index in [1.807, 2.05) is 24.3 Å². The summed E-state index contributed by atoms with van der Waals surface area (Å²) in [6.07, 6.45) is 0.0277. The van der Waals surface area contributed by atoms with Gasteiger partial charge in [0.05, 0.1) is 26.4 Å². The fourth-order valence-electron chi connectivity index (χ4n) is 2.72. The summed E-state index contributed by atoms with van der Waals surface area (Å²) in [5.74, 6) is 0.748. The van der Waals surface area contributed by atoms with E-state index in [2.05, 4.69) is 4.90 Å². The van der Waals surface area contributed by atoms with Crippen LogP contribution in [0.4, 0.5) is 0 Å². The number of carboxylic acids is 1. The van der Waals surface area contributed by atoms with Crippen LogP contribution in [0.25, 0.3) is 0 Å². The van der Waals surface area contributed by atoms with Gasteiger partial charge in [0.2, 0.25) is 0 Å². The lowest BCUT2D eigenvalue weighted by atomic mass is 10.2. The molecule has 1 heterocycles. The molecule has 1 saturated heterocycles. The number of hydrogen-bond acceptors (Lipinski definition) is 6. The van der Waals surface area contributed by atoms with E-state index in [1.165, 1.54) is 0 Å². The van der Waals surface area contributed by atoms with Crippen molar-refractivity contribution >= 4 is 5.97 Å². The predicted octanol–water partition coefficient (Wildman–Crippen LogP) is 0.791. The highest BCUT2D eigenvalue weighted by atomic mass is 16.5. The number of methoxy groups -OCH3 is 1. The van der Waals surface area contributed by atoms with Crippen LogP contribution in [-0.4, -0.2) is 87.1 Å². The molecule has 0 saturated carbocycles. The molecule has 1 unspecified atom stereocenters. The molecule has 0 radical (unpaired) electrons. The van der Waals surface area contributed by atoms with Crippen LogP contribution in [0.1, 0.15) is 0 Å². The maximum atomic E-state index is 10.7. The topological polar surface area (TPSA) is 71.5 Å². The minimum absolute atomic E-state index is 0.0266. The van der Waals surface area contributed by atoms with Gasteiger partial charge in [-0.1, -0.05) is 6.07 Å². The Morgan fingerprint density at radius 2 is 2.25 bits per heavy atom. The Hall–Kier alpha value is -1.83. The number of rotatable bonds is 9. The molecule has 1 aliphatic heterocycles. The summed E-state index contributed by atoms with van der Waals surface area (Å²) in [5, 5.41) is 8.81. The van der Waals surface area contributed by atoms with Gasteiger partial charge in [-0.3, -0.25) is 14.6 Å². The third-order valence-electron chi connectivity index (χ3n) is 3.86. The molecular weight excluding hydrogens is 312 g/mol. The van der Waals surface area contributed by atoms with Crippen LogP contribution in [0.3, 0.4) is 0 Å². The molecule has 0 bridgehead atoms. The van der Waals surface area contributed by atoms with Crippen LogP contribution in [0.15, 0.2) is 24.3 Å². The van der Waals surface area contributed by atoms with E-state index >= 15 is 0 Å². The molecule has 1 N–H and O–H groups in total. The molecule has 2 rings (SSSR count). The number of carbonyl (C=O) groups is 1. The summed E-state index contributed by atoms with van der Waals surface area (Å²) in [6.45, 7) is 4.33. The Morgan fingerprint density at radius 3 is 3.00 bits per heavy atom. The largest absolute Gasteiger partial charge is 0.497 e. The fourth-order valence-corrected chi connectivity index (χ4v) is 2.72. The quantitative estimate of drug-likeness (QED) is 0.714. The van der Waals surface area contributed by atoms with Crippen molar-refractivity contribution in [3.63, 3.8) is 0 Å². The Labute approximate surface area is 142 Å². The third-order valence-corrected chi connectivity index (χ3v) is 3.86. The predicted molar refractivity (Wildman–Crippen MR) is 89.8 cm³/mol. The van der Waals surface area contributed by atoms with Gasteiger partial charge in [0.15, 0.2) is 0 Å². The second-order valence-electron chi connectivity index (χ2n) is 5.91. The van der Waals surface area contributed by atoms with Crippen molar-refractivity contribution < 1.29 is 24.1 Å². The van der Waals surface area contributed by atoms with Gasteiger partial charge in [0.1, 0.15) is 18.1 Å². The van der Waals surface area contributed by atoms with Crippen molar-refractivity contribution in [3.05, 3.63) is 24.3 Å². The second kappa shape index (κ2) is 9.46. The molecule has 1 atom stereocenters. The molecule has 1 fully saturated rings. The Bertz CT molecular complexity index is 525. The minimum atomic E-state index is -0.822. The van der Waals surface area contributed by atoms with Gasteiger partial charge in [0, 0.05) is 32.2 Å². The van der Waals surface area contributed by atoms with Crippen LogP contribution < -0.4 is 9.47 Å². The molecule has 24 heavy (non-hydrogen) atoms. The number of benzene rings is 1.